The zero-order chi connectivity index (χ0) is 30.8. The molecular weight excluding hydrogens is 552 g/mol. The van der Waals surface area contributed by atoms with Gasteiger partial charge >= 0.3 is 12.1 Å². The van der Waals surface area contributed by atoms with Gasteiger partial charge in [-0.25, -0.2) is 9.59 Å². The number of nitrogens with zero attached hydrogens (tertiary/aromatic N) is 2. The number of ether oxygens (including phenoxy) is 2. The van der Waals surface area contributed by atoms with Crippen LogP contribution in [-0.4, -0.2) is 74.7 Å². The van der Waals surface area contributed by atoms with Gasteiger partial charge < -0.3 is 30.1 Å². The van der Waals surface area contributed by atoms with E-state index in [4.69, 9.17) is 9.47 Å². The molecule has 2 aliphatic heterocycles. The van der Waals surface area contributed by atoms with Gasteiger partial charge in [-0.3, -0.25) is 14.6 Å². The van der Waals surface area contributed by atoms with Crippen molar-refractivity contribution >= 4 is 34.8 Å². The van der Waals surface area contributed by atoms with Crippen LogP contribution in [0.1, 0.15) is 65.7 Å². The highest BCUT2D eigenvalue weighted by atomic mass is 16.6. The topological polar surface area (TPSA) is 147 Å². The Labute approximate surface area is 251 Å². The summed E-state index contributed by atoms with van der Waals surface area (Å²) in [6, 6.07) is 7.35. The van der Waals surface area contributed by atoms with Crippen molar-refractivity contribution in [3.63, 3.8) is 0 Å². The van der Waals surface area contributed by atoms with Crippen molar-refractivity contribution in [3.8, 4) is 5.75 Å². The van der Waals surface area contributed by atoms with Gasteiger partial charge in [0, 0.05) is 18.0 Å². The van der Waals surface area contributed by atoms with Gasteiger partial charge in [-0.2, -0.15) is 0 Å². The molecule has 3 N–H and O–H groups in total. The number of rotatable bonds is 4. The van der Waals surface area contributed by atoms with E-state index < -0.39 is 53.2 Å². The molecule has 11 heteroatoms. The lowest BCUT2D eigenvalue weighted by Gasteiger charge is -2.30. The fourth-order valence-corrected chi connectivity index (χ4v) is 6.06. The van der Waals surface area contributed by atoms with Crippen molar-refractivity contribution in [1.29, 1.82) is 0 Å². The molecule has 5 rings (SSSR count). The number of fused-ring (bicyclic) bond motifs is 3. The third-order valence-corrected chi connectivity index (χ3v) is 8.29. The standard InChI is InChI=1S/C32H40N4O7/c1-31(2,3)43-30(41)34-24-14-8-6-4-5-7-11-20-18-32(20,29(39)40)35-27(37)25-17-21(19-36(25)28(24)38)42-26-15-16-33-23-13-10-9-12-22(23)26/h4-5,9-10,12-13,15-16,20-21,24-25H,6-8,11,14,17-19H2,1-3H3,(H,34,41)(H,35,37)(H,39,40)/b5-4+/t20-,21+,24-,25-,32+/m0/s1. The minimum atomic E-state index is -1.35. The zero-order valence-electron chi connectivity index (χ0n) is 24.9. The first-order valence-corrected chi connectivity index (χ1v) is 15.0. The van der Waals surface area contributed by atoms with E-state index in [1.807, 2.05) is 36.4 Å². The number of pyridine rings is 1. The number of hydrogen-bond donors (Lipinski definition) is 3. The van der Waals surface area contributed by atoms with Crippen LogP contribution >= 0.6 is 0 Å². The van der Waals surface area contributed by atoms with Gasteiger partial charge in [-0.1, -0.05) is 24.3 Å². The van der Waals surface area contributed by atoms with E-state index in [9.17, 15) is 24.3 Å². The predicted molar refractivity (Wildman–Crippen MR) is 158 cm³/mol. The van der Waals surface area contributed by atoms with E-state index in [0.29, 0.717) is 44.3 Å². The normalized spacial score (nSPS) is 28.9. The second-order valence-electron chi connectivity index (χ2n) is 12.7. The third-order valence-electron chi connectivity index (χ3n) is 8.29. The highest BCUT2D eigenvalue weighted by Gasteiger charge is 2.62. The van der Waals surface area contributed by atoms with Crippen molar-refractivity contribution in [2.75, 3.05) is 6.54 Å². The summed E-state index contributed by atoms with van der Waals surface area (Å²) in [5.74, 6) is -1.66. The molecule has 3 heterocycles. The molecule has 0 unspecified atom stereocenters. The summed E-state index contributed by atoms with van der Waals surface area (Å²) in [6.07, 6.45) is 7.88. The van der Waals surface area contributed by atoms with E-state index in [0.717, 1.165) is 10.9 Å². The Balaban J connectivity index is 1.44. The number of benzene rings is 1. The van der Waals surface area contributed by atoms with Gasteiger partial charge in [0.2, 0.25) is 11.8 Å². The molecule has 1 saturated heterocycles. The highest BCUT2D eigenvalue weighted by Crippen LogP contribution is 2.47. The molecule has 43 heavy (non-hydrogen) atoms. The Morgan fingerprint density at radius 3 is 2.65 bits per heavy atom. The lowest BCUT2D eigenvalue weighted by Crippen LogP contribution is -2.56. The molecule has 0 bridgehead atoms. The number of carboxylic acid groups (broad SMARTS) is 1. The molecule has 1 aliphatic carbocycles. The van der Waals surface area contributed by atoms with Crippen molar-refractivity contribution in [2.24, 2.45) is 5.92 Å². The largest absolute Gasteiger partial charge is 0.488 e. The first kappa shape index (κ1) is 30.3. The van der Waals surface area contributed by atoms with Crippen LogP contribution in [0.5, 0.6) is 5.75 Å². The van der Waals surface area contributed by atoms with Crippen LogP contribution in [0.3, 0.4) is 0 Å². The summed E-state index contributed by atoms with van der Waals surface area (Å²) in [6.45, 7) is 5.31. The van der Waals surface area contributed by atoms with E-state index in [2.05, 4.69) is 15.6 Å². The van der Waals surface area contributed by atoms with Gasteiger partial charge in [-0.15, -0.1) is 0 Å². The molecule has 1 aromatic carbocycles. The second-order valence-corrected chi connectivity index (χ2v) is 12.7. The predicted octanol–water partition coefficient (Wildman–Crippen LogP) is 3.96. The minimum Gasteiger partial charge on any atom is -0.488 e. The smallest absolute Gasteiger partial charge is 0.408 e. The van der Waals surface area contributed by atoms with Crippen LogP contribution in [0.25, 0.3) is 10.9 Å². The number of hydrogen-bond acceptors (Lipinski definition) is 7. The Morgan fingerprint density at radius 2 is 1.88 bits per heavy atom. The fraction of sp³-hybridized carbons (Fsp3) is 0.531. The molecule has 0 radical (unpaired) electrons. The van der Waals surface area contributed by atoms with Crippen molar-refractivity contribution in [1.82, 2.24) is 20.5 Å². The molecule has 230 valence electrons. The third kappa shape index (κ3) is 6.92. The molecule has 2 fully saturated rings. The zero-order valence-corrected chi connectivity index (χ0v) is 24.9. The molecule has 0 spiro atoms. The number of para-hydroxylation sites is 1. The van der Waals surface area contributed by atoms with Crippen molar-refractivity contribution < 1.29 is 33.8 Å². The molecule has 11 nitrogen and oxygen atoms in total. The highest BCUT2D eigenvalue weighted by molar-refractivity contribution is 5.96. The lowest BCUT2D eigenvalue weighted by atomic mass is 10.1. The van der Waals surface area contributed by atoms with Gasteiger partial charge in [0.25, 0.3) is 0 Å². The number of alkyl carbamates (subject to hydrolysis) is 1. The maximum atomic E-state index is 14.1. The van der Waals surface area contributed by atoms with E-state index in [1.165, 1.54) is 4.90 Å². The SMILES string of the molecule is CC(C)(C)OC(=O)N[C@H]1CCC/C=C/CC[C@H]2C[C@@]2(C(=O)O)NC(=O)[C@@H]2C[C@@H](Oc3ccnc4ccccc34)CN2C1=O. The average Bonchev–Trinajstić information content (AvgIpc) is 3.48. The van der Waals surface area contributed by atoms with Crippen molar-refractivity contribution in [3.05, 3.63) is 48.7 Å². The Bertz CT molecular complexity index is 1410. The molecule has 1 aromatic heterocycles. The van der Waals surface area contributed by atoms with Gasteiger partial charge in [0.15, 0.2) is 0 Å². The average molecular weight is 593 g/mol. The van der Waals surface area contributed by atoms with Gasteiger partial charge in [0.1, 0.15) is 35.1 Å². The van der Waals surface area contributed by atoms with Gasteiger partial charge in [0.05, 0.1) is 12.1 Å². The van der Waals surface area contributed by atoms with Crippen LogP contribution in [0.15, 0.2) is 48.7 Å². The Kier molecular flexibility index (Phi) is 8.62. The van der Waals surface area contributed by atoms with Crippen LogP contribution in [0.4, 0.5) is 4.79 Å². The monoisotopic (exact) mass is 592 g/mol. The number of nitrogens with one attached hydrogen (secondary N) is 2. The summed E-state index contributed by atoms with van der Waals surface area (Å²) in [5, 5.41) is 16.4. The summed E-state index contributed by atoms with van der Waals surface area (Å²) in [7, 11) is 0. The quantitative estimate of drug-likeness (QED) is 0.452. The molecule has 3 amide bonds. The molecule has 1 saturated carbocycles. The fourth-order valence-electron chi connectivity index (χ4n) is 6.06. The van der Waals surface area contributed by atoms with E-state index >= 15 is 0 Å². The minimum absolute atomic E-state index is 0.0868. The molecule has 5 atom stereocenters. The van der Waals surface area contributed by atoms with E-state index in [-0.39, 0.29) is 18.9 Å². The maximum absolute atomic E-state index is 14.1. The maximum Gasteiger partial charge on any atom is 0.408 e. The number of carbonyl (C=O) groups is 4. The number of aromatic nitrogens is 1. The summed E-state index contributed by atoms with van der Waals surface area (Å²) in [4.78, 5) is 58.8. The van der Waals surface area contributed by atoms with Crippen LogP contribution in [-0.2, 0) is 19.1 Å². The van der Waals surface area contributed by atoms with E-state index in [1.54, 1.807) is 33.0 Å². The van der Waals surface area contributed by atoms with Gasteiger partial charge in [-0.05, 0) is 83.4 Å². The first-order chi connectivity index (χ1) is 20.5. The summed E-state index contributed by atoms with van der Waals surface area (Å²) >= 11 is 0. The molecule has 2 aromatic rings. The van der Waals surface area contributed by atoms with Crippen LogP contribution < -0.4 is 15.4 Å². The molecule has 3 aliphatic rings. The number of aliphatic carboxylic acids is 1. The molecular formula is C32H40N4O7. The number of carbonyl (C=O) groups excluding carboxylic acids is 3. The Hall–Kier alpha value is -4.15. The first-order valence-electron chi connectivity index (χ1n) is 15.0. The number of amides is 3. The summed E-state index contributed by atoms with van der Waals surface area (Å²) < 4.78 is 11.8. The number of carboxylic acids is 1. The van der Waals surface area contributed by atoms with Crippen molar-refractivity contribution in [2.45, 2.75) is 95.0 Å². The lowest BCUT2D eigenvalue weighted by molar-refractivity contribution is -0.146. The van der Waals surface area contributed by atoms with Crippen LogP contribution in [0.2, 0.25) is 0 Å². The Morgan fingerprint density at radius 1 is 1.12 bits per heavy atom. The number of allylic oxidation sites excluding steroid dienone is 2. The second kappa shape index (κ2) is 12.2. The summed E-state index contributed by atoms with van der Waals surface area (Å²) in [5.41, 5.74) is -1.36. The van der Waals surface area contributed by atoms with Crippen LogP contribution in [0, 0.1) is 5.92 Å².